The van der Waals surface area contributed by atoms with E-state index in [1.165, 1.54) is 13.4 Å². The number of nitrogens with zero attached hydrogens (tertiary/aromatic N) is 2. The number of fused-ring (bicyclic) bond motifs is 2. The Bertz CT molecular complexity index is 848. The molecule has 1 N–H and O–H groups in total. The number of aliphatic hydroxyl groups is 1. The van der Waals surface area contributed by atoms with Gasteiger partial charge in [-0.2, -0.15) is 0 Å². The van der Waals surface area contributed by atoms with Crippen LogP contribution in [-0.4, -0.2) is 29.0 Å². The smallest absolute Gasteiger partial charge is 0.230 e. The van der Waals surface area contributed by atoms with Gasteiger partial charge >= 0.3 is 0 Å². The van der Waals surface area contributed by atoms with Crippen molar-refractivity contribution in [3.63, 3.8) is 0 Å². The fourth-order valence-corrected chi connectivity index (χ4v) is 3.10. The second-order valence-electron chi connectivity index (χ2n) is 5.55. The van der Waals surface area contributed by atoms with Crippen molar-refractivity contribution in [1.29, 1.82) is 0 Å². The second-order valence-corrected chi connectivity index (χ2v) is 5.55. The molecule has 0 bridgehead atoms. The molecule has 0 saturated carbocycles. The molecule has 0 saturated heterocycles. The monoisotopic (exact) mass is 336 g/mol. The fraction of sp³-hybridized carbons (Fsp3) is 0.158. The molecule has 0 radical (unpaired) electrons. The van der Waals surface area contributed by atoms with Crippen molar-refractivity contribution in [2.24, 2.45) is 0 Å². The van der Waals surface area contributed by atoms with Crippen LogP contribution in [0.4, 0.5) is 0 Å². The standard InChI is InChI=1S/C19H16N2O4/c1-23-18-15(10-20-11-21-18)19(22)13-6-2-4-8-16(13)24-12-25-17-9-5-3-7-14(17)19/h2-11,22H,12H2,1H3. The van der Waals surface area contributed by atoms with Crippen LogP contribution in [-0.2, 0) is 5.60 Å². The summed E-state index contributed by atoms with van der Waals surface area (Å²) in [5.74, 6) is 1.32. The van der Waals surface area contributed by atoms with E-state index in [0.29, 0.717) is 28.2 Å². The lowest BCUT2D eigenvalue weighted by atomic mass is 9.80. The van der Waals surface area contributed by atoms with E-state index in [4.69, 9.17) is 14.2 Å². The van der Waals surface area contributed by atoms with Crippen molar-refractivity contribution in [3.05, 3.63) is 77.7 Å². The third-order valence-corrected chi connectivity index (χ3v) is 4.24. The van der Waals surface area contributed by atoms with Gasteiger partial charge in [0.25, 0.3) is 0 Å². The predicted molar refractivity (Wildman–Crippen MR) is 89.7 cm³/mol. The van der Waals surface area contributed by atoms with Gasteiger partial charge in [-0.3, -0.25) is 0 Å². The number of ether oxygens (including phenoxy) is 3. The molecule has 0 atom stereocenters. The lowest BCUT2D eigenvalue weighted by Gasteiger charge is -2.34. The molecule has 0 aliphatic carbocycles. The van der Waals surface area contributed by atoms with Crippen molar-refractivity contribution in [1.82, 2.24) is 9.97 Å². The van der Waals surface area contributed by atoms with Gasteiger partial charge in [0.05, 0.1) is 12.7 Å². The maximum absolute atomic E-state index is 11.9. The van der Waals surface area contributed by atoms with Gasteiger partial charge in [0.15, 0.2) is 5.60 Å². The minimum Gasteiger partial charge on any atom is -0.481 e. The Hall–Kier alpha value is -3.12. The van der Waals surface area contributed by atoms with Gasteiger partial charge in [0.1, 0.15) is 17.8 Å². The van der Waals surface area contributed by atoms with E-state index >= 15 is 0 Å². The molecular weight excluding hydrogens is 320 g/mol. The summed E-state index contributed by atoms with van der Waals surface area (Å²) in [5, 5.41) is 11.9. The van der Waals surface area contributed by atoms with Gasteiger partial charge < -0.3 is 19.3 Å². The van der Waals surface area contributed by atoms with Gasteiger partial charge in [-0.1, -0.05) is 36.4 Å². The highest BCUT2D eigenvalue weighted by molar-refractivity contribution is 5.58. The minimum absolute atomic E-state index is 0.0481. The second kappa shape index (κ2) is 6.07. The van der Waals surface area contributed by atoms with Crippen molar-refractivity contribution < 1.29 is 19.3 Å². The number of hydrogen-bond acceptors (Lipinski definition) is 6. The molecule has 6 heteroatoms. The molecular formula is C19H16N2O4. The molecule has 0 unspecified atom stereocenters. The molecule has 4 rings (SSSR count). The molecule has 2 aromatic carbocycles. The molecule has 126 valence electrons. The number of benzene rings is 2. The third-order valence-electron chi connectivity index (χ3n) is 4.24. The van der Waals surface area contributed by atoms with Crippen LogP contribution in [0.15, 0.2) is 61.1 Å². The SMILES string of the molecule is COc1ncncc1C1(O)c2ccccc2OCOc2ccccc21. The summed E-state index contributed by atoms with van der Waals surface area (Å²) in [5.41, 5.74) is -0.0515. The van der Waals surface area contributed by atoms with Crippen LogP contribution in [0.1, 0.15) is 16.7 Å². The van der Waals surface area contributed by atoms with Gasteiger partial charge in [-0.15, -0.1) is 0 Å². The first-order chi connectivity index (χ1) is 12.2. The average Bonchev–Trinajstić information content (AvgIpc) is 2.67. The van der Waals surface area contributed by atoms with Crippen LogP contribution in [0.2, 0.25) is 0 Å². The zero-order chi connectivity index (χ0) is 17.3. The summed E-state index contributed by atoms with van der Waals surface area (Å²) in [6.45, 7) is 0.0481. The first kappa shape index (κ1) is 15.4. The molecule has 1 aliphatic heterocycles. The number of rotatable bonds is 2. The van der Waals surface area contributed by atoms with E-state index in [9.17, 15) is 5.11 Å². The predicted octanol–water partition coefficient (Wildman–Crippen LogP) is 2.50. The van der Waals surface area contributed by atoms with Gasteiger partial charge in [0.2, 0.25) is 12.7 Å². The van der Waals surface area contributed by atoms with Gasteiger partial charge in [-0.25, -0.2) is 9.97 Å². The zero-order valence-corrected chi connectivity index (χ0v) is 13.5. The molecule has 6 nitrogen and oxygen atoms in total. The Labute approximate surface area is 144 Å². The van der Waals surface area contributed by atoms with Crippen molar-refractivity contribution in [2.75, 3.05) is 13.9 Å². The van der Waals surface area contributed by atoms with Crippen LogP contribution in [0.3, 0.4) is 0 Å². The first-order valence-electron chi connectivity index (χ1n) is 7.76. The Morgan fingerprint density at radius 2 is 1.56 bits per heavy atom. The van der Waals surface area contributed by atoms with Crippen LogP contribution in [0, 0.1) is 0 Å². The summed E-state index contributed by atoms with van der Waals surface area (Å²) < 4.78 is 16.8. The Balaban J connectivity index is 2.09. The molecule has 2 heterocycles. The summed E-state index contributed by atoms with van der Waals surface area (Å²) in [6, 6.07) is 14.6. The topological polar surface area (TPSA) is 73.7 Å². The van der Waals surface area contributed by atoms with Crippen LogP contribution in [0.25, 0.3) is 0 Å². The van der Waals surface area contributed by atoms with Crippen LogP contribution < -0.4 is 14.2 Å². The number of methoxy groups -OCH3 is 1. The largest absolute Gasteiger partial charge is 0.481 e. The summed E-state index contributed by atoms with van der Waals surface area (Å²) in [7, 11) is 1.50. The van der Waals surface area contributed by atoms with E-state index in [-0.39, 0.29) is 12.7 Å². The normalized spacial score (nSPS) is 14.8. The lowest BCUT2D eigenvalue weighted by Crippen LogP contribution is -2.33. The highest BCUT2D eigenvalue weighted by Crippen LogP contribution is 2.47. The molecule has 25 heavy (non-hydrogen) atoms. The zero-order valence-electron chi connectivity index (χ0n) is 13.5. The highest BCUT2D eigenvalue weighted by Gasteiger charge is 2.42. The van der Waals surface area contributed by atoms with Crippen molar-refractivity contribution >= 4 is 0 Å². The molecule has 0 amide bonds. The maximum Gasteiger partial charge on any atom is 0.230 e. The molecule has 0 spiro atoms. The van der Waals surface area contributed by atoms with Crippen molar-refractivity contribution in [2.45, 2.75) is 5.60 Å². The number of hydrogen-bond donors (Lipinski definition) is 1. The molecule has 1 aliphatic rings. The Kier molecular flexibility index (Phi) is 3.74. The fourth-order valence-electron chi connectivity index (χ4n) is 3.10. The highest BCUT2D eigenvalue weighted by atomic mass is 16.7. The first-order valence-corrected chi connectivity index (χ1v) is 7.76. The maximum atomic E-state index is 11.9. The summed E-state index contributed by atoms with van der Waals surface area (Å²) >= 11 is 0. The van der Waals surface area contributed by atoms with Gasteiger partial charge in [0, 0.05) is 17.3 Å². The number of aromatic nitrogens is 2. The van der Waals surface area contributed by atoms with E-state index in [1.54, 1.807) is 18.3 Å². The Morgan fingerprint density at radius 3 is 2.16 bits per heavy atom. The summed E-state index contributed by atoms with van der Waals surface area (Å²) in [4.78, 5) is 8.22. The van der Waals surface area contributed by atoms with E-state index in [2.05, 4.69) is 9.97 Å². The van der Waals surface area contributed by atoms with Crippen LogP contribution in [0.5, 0.6) is 17.4 Å². The number of para-hydroxylation sites is 2. The Morgan fingerprint density at radius 1 is 0.960 bits per heavy atom. The molecule has 1 aromatic heterocycles. The van der Waals surface area contributed by atoms with E-state index in [0.717, 1.165) is 0 Å². The quantitative estimate of drug-likeness (QED) is 0.775. The molecule has 3 aromatic rings. The van der Waals surface area contributed by atoms with Crippen LogP contribution >= 0.6 is 0 Å². The average molecular weight is 336 g/mol. The van der Waals surface area contributed by atoms with E-state index in [1.807, 2.05) is 36.4 Å². The van der Waals surface area contributed by atoms with Gasteiger partial charge in [-0.05, 0) is 12.1 Å². The summed E-state index contributed by atoms with van der Waals surface area (Å²) in [6.07, 6.45) is 2.92. The minimum atomic E-state index is -1.60. The lowest BCUT2D eigenvalue weighted by molar-refractivity contribution is 0.0721. The van der Waals surface area contributed by atoms with Crippen molar-refractivity contribution in [3.8, 4) is 17.4 Å². The third kappa shape index (κ3) is 2.38. The molecule has 0 fully saturated rings. The van der Waals surface area contributed by atoms with E-state index < -0.39 is 5.60 Å².